The van der Waals surface area contributed by atoms with Gasteiger partial charge in [0.15, 0.2) is 0 Å². The van der Waals surface area contributed by atoms with Crippen molar-refractivity contribution >= 4 is 5.91 Å². The minimum absolute atomic E-state index is 0.115. The molecule has 0 aromatic heterocycles. The molecule has 0 aromatic carbocycles. The highest BCUT2D eigenvalue weighted by Crippen LogP contribution is 2.47. The zero-order valence-electron chi connectivity index (χ0n) is 9.97. The van der Waals surface area contributed by atoms with Gasteiger partial charge in [0.05, 0.1) is 5.41 Å². The van der Waals surface area contributed by atoms with Gasteiger partial charge in [-0.3, -0.25) is 4.79 Å². The van der Waals surface area contributed by atoms with Crippen molar-refractivity contribution in [3.8, 4) is 0 Å². The maximum absolute atomic E-state index is 11.8. The van der Waals surface area contributed by atoms with E-state index < -0.39 is 0 Å². The average molecular weight is 197 g/mol. The van der Waals surface area contributed by atoms with Gasteiger partial charge in [0.2, 0.25) is 5.91 Å². The lowest BCUT2D eigenvalue weighted by Gasteiger charge is -2.49. The smallest absolute Gasteiger partial charge is 0.230 e. The van der Waals surface area contributed by atoms with Crippen LogP contribution in [0.2, 0.25) is 0 Å². The standard InChI is InChI=1S/C10H17NO.C2H6/c1-8(2)11-7-10(9(11)12)5-3-4-6-10;1-2/h8H,3-7H2,1-2H3;1-2H3. The molecule has 0 aromatic rings. The van der Waals surface area contributed by atoms with E-state index in [0.717, 1.165) is 19.4 Å². The summed E-state index contributed by atoms with van der Waals surface area (Å²) >= 11 is 0. The summed E-state index contributed by atoms with van der Waals surface area (Å²) in [6, 6.07) is 0.406. The molecule has 1 amide bonds. The molecule has 2 rings (SSSR count). The van der Waals surface area contributed by atoms with E-state index in [9.17, 15) is 4.79 Å². The van der Waals surface area contributed by atoms with Gasteiger partial charge in [-0.15, -0.1) is 0 Å². The summed E-state index contributed by atoms with van der Waals surface area (Å²) in [4.78, 5) is 13.8. The molecule has 14 heavy (non-hydrogen) atoms. The summed E-state index contributed by atoms with van der Waals surface area (Å²) in [6.45, 7) is 9.23. The first-order valence-corrected chi connectivity index (χ1v) is 5.97. The Hall–Kier alpha value is -0.530. The van der Waals surface area contributed by atoms with E-state index >= 15 is 0 Å². The maximum atomic E-state index is 11.8. The molecule has 1 aliphatic heterocycles. The Kier molecular flexibility index (Phi) is 3.57. The van der Waals surface area contributed by atoms with Crippen LogP contribution in [0.5, 0.6) is 0 Å². The van der Waals surface area contributed by atoms with E-state index in [4.69, 9.17) is 0 Å². The van der Waals surface area contributed by atoms with Gasteiger partial charge in [-0.25, -0.2) is 0 Å². The van der Waals surface area contributed by atoms with Gasteiger partial charge >= 0.3 is 0 Å². The normalized spacial score (nSPS) is 23.5. The first-order valence-electron chi connectivity index (χ1n) is 5.97. The zero-order valence-corrected chi connectivity index (χ0v) is 9.97. The van der Waals surface area contributed by atoms with Crippen molar-refractivity contribution in [2.24, 2.45) is 5.41 Å². The Bertz CT molecular complexity index is 204. The first-order chi connectivity index (χ1) is 6.66. The molecular formula is C12H23NO. The molecule has 1 spiro atoms. The Labute approximate surface area is 87.7 Å². The summed E-state index contributed by atoms with van der Waals surface area (Å²) in [7, 11) is 0. The third kappa shape index (κ3) is 1.67. The SMILES string of the molecule is CC.CC(C)N1CC2(CCCC2)C1=O. The average Bonchev–Trinajstić information content (AvgIpc) is 2.67. The Morgan fingerprint density at radius 2 is 1.71 bits per heavy atom. The summed E-state index contributed by atoms with van der Waals surface area (Å²) in [5, 5.41) is 0. The van der Waals surface area contributed by atoms with Crippen LogP contribution in [-0.2, 0) is 4.79 Å². The largest absolute Gasteiger partial charge is 0.339 e. The van der Waals surface area contributed by atoms with Gasteiger partial charge < -0.3 is 4.90 Å². The Morgan fingerprint density at radius 1 is 1.21 bits per heavy atom. The summed E-state index contributed by atoms with van der Waals surface area (Å²) in [6.07, 6.45) is 4.82. The predicted molar refractivity (Wildman–Crippen MR) is 59.1 cm³/mol. The van der Waals surface area contributed by atoms with Crippen molar-refractivity contribution in [2.45, 2.75) is 59.4 Å². The third-order valence-electron chi connectivity index (χ3n) is 3.37. The zero-order chi connectivity index (χ0) is 10.8. The van der Waals surface area contributed by atoms with Gasteiger partial charge in [-0.05, 0) is 26.7 Å². The number of amides is 1. The van der Waals surface area contributed by atoms with Crippen LogP contribution >= 0.6 is 0 Å². The molecule has 1 heterocycles. The second-order valence-electron chi connectivity index (χ2n) is 4.51. The minimum atomic E-state index is 0.115. The molecule has 1 saturated carbocycles. The molecule has 0 radical (unpaired) electrons. The van der Waals surface area contributed by atoms with E-state index in [1.54, 1.807) is 0 Å². The van der Waals surface area contributed by atoms with Crippen molar-refractivity contribution in [3.05, 3.63) is 0 Å². The molecule has 2 nitrogen and oxygen atoms in total. The number of β-lactam (4-membered cyclic amide) rings is 1. The lowest BCUT2D eigenvalue weighted by Crippen LogP contribution is -2.62. The van der Waals surface area contributed by atoms with E-state index in [2.05, 4.69) is 13.8 Å². The van der Waals surface area contributed by atoms with Crippen LogP contribution in [0.25, 0.3) is 0 Å². The predicted octanol–water partition coefficient (Wildman–Crippen LogP) is 2.82. The number of hydrogen-bond donors (Lipinski definition) is 0. The number of carbonyl (C=O) groups is 1. The second-order valence-corrected chi connectivity index (χ2v) is 4.51. The highest BCUT2D eigenvalue weighted by molar-refractivity contribution is 5.89. The monoisotopic (exact) mass is 197 g/mol. The van der Waals surface area contributed by atoms with Gasteiger partial charge in [-0.2, -0.15) is 0 Å². The fourth-order valence-electron chi connectivity index (χ4n) is 2.52. The molecule has 2 fully saturated rings. The molecule has 82 valence electrons. The lowest BCUT2D eigenvalue weighted by atomic mass is 9.76. The van der Waals surface area contributed by atoms with Gasteiger partial charge in [-0.1, -0.05) is 26.7 Å². The van der Waals surface area contributed by atoms with Crippen LogP contribution in [-0.4, -0.2) is 23.4 Å². The van der Waals surface area contributed by atoms with Crippen molar-refractivity contribution in [1.29, 1.82) is 0 Å². The van der Waals surface area contributed by atoms with Crippen LogP contribution in [0.15, 0.2) is 0 Å². The van der Waals surface area contributed by atoms with Crippen LogP contribution in [0, 0.1) is 5.41 Å². The summed E-state index contributed by atoms with van der Waals surface area (Å²) in [5.41, 5.74) is 0.115. The van der Waals surface area contributed by atoms with Gasteiger partial charge in [0, 0.05) is 12.6 Å². The van der Waals surface area contributed by atoms with E-state index in [-0.39, 0.29) is 5.41 Å². The van der Waals surface area contributed by atoms with E-state index in [0.29, 0.717) is 11.9 Å². The second kappa shape index (κ2) is 4.33. The maximum Gasteiger partial charge on any atom is 0.230 e. The number of carbonyl (C=O) groups excluding carboxylic acids is 1. The molecule has 0 N–H and O–H groups in total. The first kappa shape index (κ1) is 11.5. The highest BCUT2D eigenvalue weighted by Gasteiger charge is 2.53. The Balaban J connectivity index is 0.000000461. The van der Waals surface area contributed by atoms with E-state index in [1.165, 1.54) is 12.8 Å². The summed E-state index contributed by atoms with van der Waals surface area (Å²) < 4.78 is 0. The topological polar surface area (TPSA) is 20.3 Å². The molecule has 1 aliphatic carbocycles. The fourth-order valence-corrected chi connectivity index (χ4v) is 2.52. The Morgan fingerprint density at radius 3 is 2.07 bits per heavy atom. The lowest BCUT2D eigenvalue weighted by molar-refractivity contribution is -0.162. The van der Waals surface area contributed by atoms with Crippen LogP contribution in [0.1, 0.15) is 53.4 Å². The number of hydrogen-bond acceptors (Lipinski definition) is 1. The molecule has 0 bridgehead atoms. The molecule has 2 heteroatoms. The van der Waals surface area contributed by atoms with Crippen LogP contribution in [0.3, 0.4) is 0 Å². The highest BCUT2D eigenvalue weighted by atomic mass is 16.2. The van der Waals surface area contributed by atoms with Crippen molar-refractivity contribution in [1.82, 2.24) is 4.90 Å². The van der Waals surface area contributed by atoms with Gasteiger partial charge in [0.25, 0.3) is 0 Å². The van der Waals surface area contributed by atoms with Gasteiger partial charge in [0.1, 0.15) is 0 Å². The molecule has 2 aliphatic rings. The molecular weight excluding hydrogens is 174 g/mol. The van der Waals surface area contributed by atoms with Crippen molar-refractivity contribution in [3.63, 3.8) is 0 Å². The fraction of sp³-hybridized carbons (Fsp3) is 0.917. The van der Waals surface area contributed by atoms with Crippen molar-refractivity contribution in [2.75, 3.05) is 6.54 Å². The minimum Gasteiger partial charge on any atom is -0.339 e. The number of rotatable bonds is 1. The van der Waals surface area contributed by atoms with E-state index in [1.807, 2.05) is 18.7 Å². The number of likely N-dealkylation sites (tertiary alicyclic amines) is 1. The van der Waals surface area contributed by atoms with Crippen LogP contribution < -0.4 is 0 Å². The summed E-state index contributed by atoms with van der Waals surface area (Å²) in [5.74, 6) is 0.426. The van der Waals surface area contributed by atoms with Crippen LogP contribution in [0.4, 0.5) is 0 Å². The number of nitrogens with zero attached hydrogens (tertiary/aromatic N) is 1. The molecule has 0 unspecified atom stereocenters. The quantitative estimate of drug-likeness (QED) is 0.592. The molecule has 0 atom stereocenters. The third-order valence-corrected chi connectivity index (χ3v) is 3.37. The molecule has 1 saturated heterocycles. The van der Waals surface area contributed by atoms with Crippen molar-refractivity contribution < 1.29 is 4.79 Å².